The third-order valence-electron chi connectivity index (χ3n) is 4.16. The van der Waals surface area contributed by atoms with Crippen LogP contribution in [-0.4, -0.2) is 40.6 Å². The summed E-state index contributed by atoms with van der Waals surface area (Å²) in [6, 6.07) is 17.2. The summed E-state index contributed by atoms with van der Waals surface area (Å²) in [5.41, 5.74) is 2.63. The molecule has 0 aliphatic heterocycles. The molecule has 11 heteroatoms. The molecule has 0 unspecified atom stereocenters. The van der Waals surface area contributed by atoms with Gasteiger partial charge in [0.15, 0.2) is 4.34 Å². The number of alkyl halides is 3. The van der Waals surface area contributed by atoms with Crippen molar-refractivity contribution in [2.75, 3.05) is 27.8 Å². The summed E-state index contributed by atoms with van der Waals surface area (Å²) >= 11 is 2.13. The number of amides is 1. The fraction of sp³-hybridized carbons (Fsp3) is 0.286. The SMILES string of the molecule is CC(C)N(C(=O)CSc1nnc(NCC(F)(F)F)s1)c1ccc(Nc2ccccc2)cc1. The first-order valence-corrected chi connectivity index (χ1v) is 11.5. The van der Waals surface area contributed by atoms with Gasteiger partial charge in [-0.2, -0.15) is 13.2 Å². The predicted octanol–water partition coefficient (Wildman–Crippen LogP) is 5.79. The molecule has 2 N–H and O–H groups in total. The number of nitrogens with zero attached hydrogens (tertiary/aromatic N) is 3. The molecular formula is C21H22F3N5OS2. The summed E-state index contributed by atoms with van der Waals surface area (Å²) in [6.45, 7) is 2.66. The maximum atomic E-state index is 12.9. The average molecular weight is 482 g/mol. The van der Waals surface area contributed by atoms with E-state index in [0.29, 0.717) is 4.34 Å². The van der Waals surface area contributed by atoms with Crippen molar-refractivity contribution in [1.82, 2.24) is 10.2 Å². The second kappa shape index (κ2) is 10.7. The number of carbonyl (C=O) groups is 1. The van der Waals surface area contributed by atoms with Crippen molar-refractivity contribution in [1.29, 1.82) is 0 Å². The molecule has 3 rings (SSSR count). The zero-order chi connectivity index (χ0) is 23.1. The van der Waals surface area contributed by atoms with Gasteiger partial charge in [-0.15, -0.1) is 10.2 Å². The molecule has 3 aromatic rings. The number of hydrogen-bond acceptors (Lipinski definition) is 7. The lowest BCUT2D eigenvalue weighted by Crippen LogP contribution is -2.38. The van der Waals surface area contributed by atoms with Crippen molar-refractivity contribution >= 4 is 51.2 Å². The van der Waals surface area contributed by atoms with E-state index >= 15 is 0 Å². The van der Waals surface area contributed by atoms with Crippen LogP contribution >= 0.6 is 23.1 Å². The van der Waals surface area contributed by atoms with Crippen molar-refractivity contribution < 1.29 is 18.0 Å². The highest BCUT2D eigenvalue weighted by atomic mass is 32.2. The van der Waals surface area contributed by atoms with Crippen molar-refractivity contribution in [3.63, 3.8) is 0 Å². The van der Waals surface area contributed by atoms with Crippen LogP contribution in [-0.2, 0) is 4.79 Å². The van der Waals surface area contributed by atoms with Crippen LogP contribution in [0, 0.1) is 0 Å². The van der Waals surface area contributed by atoms with Gasteiger partial charge in [0.2, 0.25) is 11.0 Å². The van der Waals surface area contributed by atoms with Crippen LogP contribution in [0.3, 0.4) is 0 Å². The van der Waals surface area contributed by atoms with Gasteiger partial charge in [-0.1, -0.05) is 41.3 Å². The summed E-state index contributed by atoms with van der Waals surface area (Å²) < 4.78 is 37.3. The van der Waals surface area contributed by atoms with E-state index in [0.717, 1.165) is 40.2 Å². The van der Waals surface area contributed by atoms with Crippen molar-refractivity contribution in [3.8, 4) is 0 Å². The molecule has 0 aliphatic carbocycles. The van der Waals surface area contributed by atoms with Crippen molar-refractivity contribution in [2.45, 2.75) is 30.4 Å². The standard InChI is InChI=1S/C21H22F3N5OS2/c1-14(2)29(17-10-8-16(9-11-17)26-15-6-4-3-5-7-15)18(30)12-31-20-28-27-19(32-20)25-13-21(22,23)24/h3-11,14,26H,12-13H2,1-2H3,(H,25,27). The molecule has 0 saturated carbocycles. The summed E-state index contributed by atoms with van der Waals surface area (Å²) in [5, 5.41) is 13.1. The Morgan fingerprint density at radius 2 is 1.72 bits per heavy atom. The van der Waals surface area contributed by atoms with Crippen LogP contribution in [0.25, 0.3) is 0 Å². The Balaban J connectivity index is 1.59. The molecule has 0 fully saturated rings. The maximum absolute atomic E-state index is 12.9. The molecule has 170 valence electrons. The average Bonchev–Trinajstić information content (AvgIpc) is 3.20. The van der Waals surface area contributed by atoms with Gasteiger partial charge in [-0.3, -0.25) is 4.79 Å². The van der Waals surface area contributed by atoms with Gasteiger partial charge < -0.3 is 15.5 Å². The number of halogens is 3. The molecule has 0 bridgehead atoms. The number of carbonyl (C=O) groups excluding carboxylic acids is 1. The normalized spacial score (nSPS) is 11.4. The van der Waals surface area contributed by atoms with Crippen molar-refractivity contribution in [2.24, 2.45) is 0 Å². The number of anilines is 4. The molecule has 32 heavy (non-hydrogen) atoms. The minimum Gasteiger partial charge on any atom is -0.356 e. The van der Waals surface area contributed by atoms with Gasteiger partial charge in [0, 0.05) is 23.1 Å². The third-order valence-corrected chi connectivity index (χ3v) is 6.16. The fourth-order valence-corrected chi connectivity index (χ4v) is 4.44. The highest BCUT2D eigenvalue weighted by Gasteiger charge is 2.27. The smallest absolute Gasteiger partial charge is 0.356 e. The van der Waals surface area contributed by atoms with Crippen LogP contribution in [0.5, 0.6) is 0 Å². The Labute approximate surface area is 192 Å². The quantitative estimate of drug-likeness (QED) is 0.377. The number of thioether (sulfide) groups is 1. The molecular weight excluding hydrogens is 459 g/mol. The highest BCUT2D eigenvalue weighted by molar-refractivity contribution is 8.01. The Morgan fingerprint density at radius 1 is 1.06 bits per heavy atom. The number of hydrogen-bond donors (Lipinski definition) is 2. The number of aromatic nitrogens is 2. The molecule has 0 aliphatic rings. The molecule has 1 amide bonds. The van der Waals surface area contributed by atoms with Gasteiger partial charge in [0.25, 0.3) is 0 Å². The first-order chi connectivity index (χ1) is 15.2. The summed E-state index contributed by atoms with van der Waals surface area (Å²) in [6.07, 6.45) is -4.33. The van der Waals surface area contributed by atoms with Crippen LogP contribution < -0.4 is 15.5 Å². The topological polar surface area (TPSA) is 70.2 Å². The van der Waals surface area contributed by atoms with Crippen LogP contribution in [0.4, 0.5) is 35.4 Å². The molecule has 0 saturated heterocycles. The Bertz CT molecular complexity index is 1010. The molecule has 6 nitrogen and oxygen atoms in total. The summed E-state index contributed by atoms with van der Waals surface area (Å²) in [7, 11) is 0. The van der Waals surface area contributed by atoms with E-state index in [4.69, 9.17) is 0 Å². The summed E-state index contributed by atoms with van der Waals surface area (Å²) in [4.78, 5) is 14.6. The van der Waals surface area contributed by atoms with E-state index in [1.165, 1.54) is 0 Å². The lowest BCUT2D eigenvalue weighted by molar-refractivity contribution is -0.116. The zero-order valence-corrected chi connectivity index (χ0v) is 19.0. The van der Waals surface area contributed by atoms with E-state index in [2.05, 4.69) is 20.8 Å². The molecule has 0 radical (unpaired) electrons. The van der Waals surface area contributed by atoms with E-state index in [1.807, 2.05) is 68.4 Å². The molecule has 0 spiro atoms. The first kappa shape index (κ1) is 23.9. The Hall–Kier alpha value is -2.79. The van der Waals surface area contributed by atoms with Gasteiger partial charge in [0.1, 0.15) is 6.54 Å². The number of para-hydroxylation sites is 1. The third kappa shape index (κ3) is 7.13. The number of rotatable bonds is 9. The van der Waals surface area contributed by atoms with E-state index < -0.39 is 12.7 Å². The zero-order valence-electron chi connectivity index (χ0n) is 17.4. The van der Waals surface area contributed by atoms with Gasteiger partial charge in [0.05, 0.1) is 5.75 Å². The monoisotopic (exact) mass is 481 g/mol. The fourth-order valence-electron chi connectivity index (χ4n) is 2.83. The van der Waals surface area contributed by atoms with Gasteiger partial charge >= 0.3 is 6.18 Å². The highest BCUT2D eigenvalue weighted by Crippen LogP contribution is 2.28. The molecule has 1 heterocycles. The first-order valence-electron chi connectivity index (χ1n) is 9.72. The van der Waals surface area contributed by atoms with Crippen LogP contribution in [0.2, 0.25) is 0 Å². The summed E-state index contributed by atoms with van der Waals surface area (Å²) in [5.74, 6) is -0.0374. The van der Waals surface area contributed by atoms with Gasteiger partial charge in [-0.05, 0) is 50.2 Å². The minimum atomic E-state index is -4.33. The molecule has 1 aromatic heterocycles. The number of nitrogens with one attached hydrogen (secondary N) is 2. The Morgan fingerprint density at radius 3 is 2.34 bits per heavy atom. The number of benzene rings is 2. The predicted molar refractivity (Wildman–Crippen MR) is 124 cm³/mol. The van der Waals surface area contributed by atoms with E-state index in [-0.39, 0.29) is 22.8 Å². The van der Waals surface area contributed by atoms with Crippen LogP contribution in [0.1, 0.15) is 13.8 Å². The van der Waals surface area contributed by atoms with Crippen LogP contribution in [0.15, 0.2) is 58.9 Å². The lowest BCUT2D eigenvalue weighted by atomic mass is 10.2. The largest absolute Gasteiger partial charge is 0.405 e. The van der Waals surface area contributed by atoms with Gasteiger partial charge in [-0.25, -0.2) is 0 Å². The lowest BCUT2D eigenvalue weighted by Gasteiger charge is -2.27. The van der Waals surface area contributed by atoms with E-state index in [1.54, 1.807) is 4.90 Å². The minimum absolute atomic E-state index is 0.0690. The maximum Gasteiger partial charge on any atom is 0.405 e. The van der Waals surface area contributed by atoms with Crippen molar-refractivity contribution in [3.05, 3.63) is 54.6 Å². The molecule has 0 atom stereocenters. The second-order valence-corrected chi connectivity index (χ2v) is 9.23. The Kier molecular flexibility index (Phi) is 7.97. The second-order valence-electron chi connectivity index (χ2n) is 7.03. The van der Waals surface area contributed by atoms with E-state index in [9.17, 15) is 18.0 Å². The molecule has 2 aromatic carbocycles.